The third kappa shape index (κ3) is 3.71. The van der Waals surface area contributed by atoms with E-state index in [1.165, 1.54) is 25.0 Å². The SMILES string of the molecule is CNC(=O)C1COC2(CN(Cc3ccc(F)cc3)C2)CN1CC1CC1. The summed E-state index contributed by atoms with van der Waals surface area (Å²) in [4.78, 5) is 16.8. The van der Waals surface area contributed by atoms with E-state index in [1.807, 2.05) is 12.1 Å². The lowest BCUT2D eigenvalue weighted by atomic mass is 9.89. The number of hydrogen-bond acceptors (Lipinski definition) is 4. The molecule has 0 bridgehead atoms. The number of benzene rings is 1. The van der Waals surface area contributed by atoms with Crippen LogP contribution in [-0.2, 0) is 16.1 Å². The molecule has 2 aliphatic heterocycles. The van der Waals surface area contributed by atoms with Crippen molar-refractivity contribution in [3.63, 3.8) is 0 Å². The van der Waals surface area contributed by atoms with Crippen LogP contribution < -0.4 is 5.32 Å². The average molecular weight is 347 g/mol. The fraction of sp³-hybridized carbons (Fsp3) is 0.632. The molecule has 0 aromatic heterocycles. The summed E-state index contributed by atoms with van der Waals surface area (Å²) < 4.78 is 19.2. The van der Waals surface area contributed by atoms with Gasteiger partial charge < -0.3 is 10.1 Å². The molecule has 1 aromatic rings. The number of amides is 1. The molecule has 4 rings (SSSR count). The molecular weight excluding hydrogens is 321 g/mol. The zero-order valence-electron chi connectivity index (χ0n) is 14.7. The van der Waals surface area contributed by atoms with Crippen LogP contribution in [-0.4, -0.2) is 67.2 Å². The molecule has 1 atom stereocenters. The minimum absolute atomic E-state index is 0.0537. The van der Waals surface area contributed by atoms with E-state index in [2.05, 4.69) is 15.1 Å². The van der Waals surface area contributed by atoms with Crippen LogP contribution >= 0.6 is 0 Å². The van der Waals surface area contributed by atoms with Crippen molar-refractivity contribution in [1.82, 2.24) is 15.1 Å². The summed E-state index contributed by atoms with van der Waals surface area (Å²) >= 11 is 0. The number of morpholine rings is 1. The third-order valence-corrected chi connectivity index (χ3v) is 5.56. The minimum atomic E-state index is -0.199. The van der Waals surface area contributed by atoms with Crippen LogP contribution in [0.1, 0.15) is 18.4 Å². The Balaban J connectivity index is 1.35. The summed E-state index contributed by atoms with van der Waals surface area (Å²) in [5.41, 5.74) is 0.963. The molecule has 1 N–H and O–H groups in total. The van der Waals surface area contributed by atoms with Gasteiger partial charge in [-0.1, -0.05) is 12.1 Å². The van der Waals surface area contributed by atoms with Crippen molar-refractivity contribution < 1.29 is 13.9 Å². The number of halogens is 1. The lowest BCUT2D eigenvalue weighted by Crippen LogP contribution is -2.72. The fourth-order valence-electron chi connectivity index (χ4n) is 4.04. The van der Waals surface area contributed by atoms with Crippen LogP contribution in [0.25, 0.3) is 0 Å². The van der Waals surface area contributed by atoms with E-state index in [-0.39, 0.29) is 23.4 Å². The number of nitrogens with one attached hydrogen (secondary N) is 1. The molecular formula is C19H26FN3O2. The Morgan fingerprint density at radius 3 is 2.64 bits per heavy atom. The molecule has 6 heteroatoms. The van der Waals surface area contributed by atoms with E-state index in [9.17, 15) is 9.18 Å². The number of carbonyl (C=O) groups is 1. The Hall–Kier alpha value is -1.50. The van der Waals surface area contributed by atoms with Crippen molar-refractivity contribution in [3.8, 4) is 0 Å². The van der Waals surface area contributed by atoms with Gasteiger partial charge in [-0.05, 0) is 36.5 Å². The number of rotatable bonds is 5. The lowest BCUT2D eigenvalue weighted by molar-refractivity contribution is -0.203. The molecule has 3 fully saturated rings. The molecule has 1 spiro atoms. The van der Waals surface area contributed by atoms with Crippen LogP contribution in [0, 0.1) is 11.7 Å². The molecule has 1 unspecified atom stereocenters. The molecule has 3 aliphatic rings. The van der Waals surface area contributed by atoms with Crippen LogP contribution in [0.3, 0.4) is 0 Å². The average Bonchev–Trinajstić information content (AvgIpc) is 3.39. The largest absolute Gasteiger partial charge is 0.369 e. The van der Waals surface area contributed by atoms with Gasteiger partial charge in [-0.2, -0.15) is 0 Å². The predicted molar refractivity (Wildman–Crippen MR) is 92.5 cm³/mol. The predicted octanol–water partition coefficient (Wildman–Crippen LogP) is 1.24. The fourth-order valence-corrected chi connectivity index (χ4v) is 4.04. The second kappa shape index (κ2) is 6.67. The first-order valence-electron chi connectivity index (χ1n) is 9.13. The first kappa shape index (κ1) is 16.9. The molecule has 1 aromatic carbocycles. The summed E-state index contributed by atoms with van der Waals surface area (Å²) in [5.74, 6) is 0.603. The highest BCUT2D eigenvalue weighted by Crippen LogP contribution is 2.36. The first-order valence-corrected chi connectivity index (χ1v) is 9.13. The smallest absolute Gasteiger partial charge is 0.239 e. The zero-order valence-corrected chi connectivity index (χ0v) is 14.7. The maximum atomic E-state index is 13.0. The van der Waals surface area contributed by atoms with Crippen LogP contribution in [0.2, 0.25) is 0 Å². The summed E-state index contributed by atoms with van der Waals surface area (Å²) in [6.07, 6.45) is 2.56. The van der Waals surface area contributed by atoms with Crippen LogP contribution in [0.5, 0.6) is 0 Å². The number of ether oxygens (including phenoxy) is 1. The van der Waals surface area contributed by atoms with Crippen molar-refractivity contribution in [3.05, 3.63) is 35.6 Å². The zero-order chi connectivity index (χ0) is 17.4. The van der Waals surface area contributed by atoms with Crippen LogP contribution in [0.15, 0.2) is 24.3 Å². The van der Waals surface area contributed by atoms with Gasteiger partial charge in [-0.25, -0.2) is 4.39 Å². The van der Waals surface area contributed by atoms with E-state index >= 15 is 0 Å². The summed E-state index contributed by atoms with van der Waals surface area (Å²) in [5, 5.41) is 2.77. The molecule has 25 heavy (non-hydrogen) atoms. The van der Waals surface area contributed by atoms with Gasteiger partial charge in [0.1, 0.15) is 17.5 Å². The van der Waals surface area contributed by atoms with Crippen molar-refractivity contribution in [2.75, 3.05) is 39.8 Å². The van der Waals surface area contributed by atoms with Crippen molar-refractivity contribution in [2.24, 2.45) is 5.92 Å². The molecule has 2 heterocycles. The van der Waals surface area contributed by atoms with Gasteiger partial charge in [-0.3, -0.25) is 14.6 Å². The molecule has 1 amide bonds. The summed E-state index contributed by atoms with van der Waals surface area (Å²) in [6.45, 7) is 4.84. The Morgan fingerprint density at radius 2 is 2.00 bits per heavy atom. The van der Waals surface area contributed by atoms with Gasteiger partial charge in [0.15, 0.2) is 0 Å². The van der Waals surface area contributed by atoms with Crippen molar-refractivity contribution in [1.29, 1.82) is 0 Å². The molecule has 136 valence electrons. The van der Waals surface area contributed by atoms with E-state index < -0.39 is 0 Å². The van der Waals surface area contributed by atoms with Crippen LogP contribution in [0.4, 0.5) is 4.39 Å². The maximum absolute atomic E-state index is 13.0. The lowest BCUT2D eigenvalue weighted by Gasteiger charge is -2.55. The molecule has 5 nitrogen and oxygen atoms in total. The summed E-state index contributed by atoms with van der Waals surface area (Å²) in [7, 11) is 1.69. The Morgan fingerprint density at radius 1 is 1.28 bits per heavy atom. The Bertz CT molecular complexity index is 626. The Labute approximate surface area is 148 Å². The van der Waals surface area contributed by atoms with Gasteiger partial charge in [-0.15, -0.1) is 0 Å². The highest BCUT2D eigenvalue weighted by atomic mass is 19.1. The number of likely N-dealkylation sites (tertiary alicyclic amines) is 1. The van der Waals surface area contributed by atoms with Gasteiger partial charge in [0, 0.05) is 39.8 Å². The summed E-state index contributed by atoms with van der Waals surface area (Å²) in [6, 6.07) is 6.52. The molecule has 2 saturated heterocycles. The standard InChI is InChI=1S/C19H26FN3O2/c1-21-18(24)17-10-25-19(13-23(17)9-15-2-3-15)11-22(12-19)8-14-4-6-16(20)7-5-14/h4-7,15,17H,2-3,8-13H2,1H3,(H,21,24). The molecule has 1 saturated carbocycles. The van der Waals surface area contributed by atoms with Crippen molar-refractivity contribution in [2.45, 2.75) is 31.0 Å². The van der Waals surface area contributed by atoms with Crippen molar-refractivity contribution >= 4 is 5.91 Å². The third-order valence-electron chi connectivity index (χ3n) is 5.56. The maximum Gasteiger partial charge on any atom is 0.239 e. The van der Waals surface area contributed by atoms with Gasteiger partial charge in [0.05, 0.1) is 6.61 Å². The van der Waals surface area contributed by atoms with Gasteiger partial charge in [0.2, 0.25) is 5.91 Å². The number of carbonyl (C=O) groups excluding carboxylic acids is 1. The molecule has 0 radical (unpaired) electrons. The van der Waals surface area contributed by atoms with E-state index in [0.29, 0.717) is 6.61 Å². The van der Waals surface area contributed by atoms with Gasteiger partial charge in [0.25, 0.3) is 0 Å². The second-order valence-electron chi connectivity index (χ2n) is 7.77. The number of likely N-dealkylation sites (N-methyl/N-ethyl adjacent to an activating group) is 1. The normalized spacial score (nSPS) is 26.4. The number of hydrogen-bond donors (Lipinski definition) is 1. The molecule has 1 aliphatic carbocycles. The topological polar surface area (TPSA) is 44.8 Å². The highest BCUT2D eigenvalue weighted by molar-refractivity contribution is 5.81. The van der Waals surface area contributed by atoms with E-state index in [0.717, 1.165) is 44.2 Å². The van der Waals surface area contributed by atoms with Gasteiger partial charge >= 0.3 is 0 Å². The minimum Gasteiger partial charge on any atom is -0.369 e. The quantitative estimate of drug-likeness (QED) is 0.870. The number of nitrogens with zero attached hydrogens (tertiary/aromatic N) is 2. The van der Waals surface area contributed by atoms with E-state index in [1.54, 1.807) is 7.05 Å². The van der Waals surface area contributed by atoms with E-state index in [4.69, 9.17) is 4.74 Å². The second-order valence-corrected chi connectivity index (χ2v) is 7.77. The highest BCUT2D eigenvalue weighted by Gasteiger charge is 2.50. The Kier molecular flexibility index (Phi) is 4.52. The first-order chi connectivity index (χ1) is 12.1. The monoisotopic (exact) mass is 347 g/mol.